The quantitative estimate of drug-likeness (QED) is 0.198. The van der Waals surface area contributed by atoms with Crippen LogP contribution in [-0.2, 0) is 25.3 Å². The lowest BCUT2D eigenvalue weighted by Gasteiger charge is -2.46. The largest absolute Gasteiger partial charge is 0.413 e. The van der Waals surface area contributed by atoms with Gasteiger partial charge < -0.3 is 13.3 Å². The average molecular weight is 779 g/mol. The van der Waals surface area contributed by atoms with Gasteiger partial charge in [0.15, 0.2) is 25.0 Å². The van der Waals surface area contributed by atoms with E-state index in [2.05, 4.69) is 151 Å². The van der Waals surface area contributed by atoms with Crippen LogP contribution in [0.4, 0.5) is 0 Å². The summed E-state index contributed by atoms with van der Waals surface area (Å²) in [7, 11) is -5.59. The van der Waals surface area contributed by atoms with Gasteiger partial charge in [0.1, 0.15) is 0 Å². The van der Waals surface area contributed by atoms with E-state index in [0.29, 0.717) is 17.3 Å². The van der Waals surface area contributed by atoms with Crippen LogP contribution < -0.4 is 0 Å². The van der Waals surface area contributed by atoms with Crippen LogP contribution >= 0.6 is 0 Å². The van der Waals surface area contributed by atoms with E-state index in [1.54, 1.807) is 5.57 Å². The van der Waals surface area contributed by atoms with Crippen LogP contribution in [0.5, 0.6) is 0 Å². The molecule has 300 valence electrons. The number of benzene rings is 1. The Balaban J connectivity index is 1.52. The van der Waals surface area contributed by atoms with Gasteiger partial charge in [-0.1, -0.05) is 104 Å². The Morgan fingerprint density at radius 2 is 1.51 bits per heavy atom. The van der Waals surface area contributed by atoms with E-state index in [0.717, 1.165) is 25.2 Å². The maximum atomic E-state index is 7.14. The van der Waals surface area contributed by atoms with Crippen molar-refractivity contribution in [1.82, 2.24) is 0 Å². The molecular weight excluding hydrogens is 697 g/mol. The fraction of sp³-hybridized carbons (Fsp3) is 0.745. The summed E-state index contributed by atoms with van der Waals surface area (Å²) in [6, 6.07) is 9.25. The van der Waals surface area contributed by atoms with E-state index < -0.39 is 25.0 Å². The van der Waals surface area contributed by atoms with Crippen molar-refractivity contribution in [2.24, 2.45) is 23.2 Å². The SMILES string of the molecule is C=C1/C(=C\C=C2/CCC[C@]3(C)[C@@H]([C@@H](C)CCc4cccc(C(C)(C)O[Si](C)(C)C)c4)CC[C@@H]23)C[C@@H](O[Si](C)(C)C(C)(C)C)C[C@@H]1O[Si](C)(C)C(C)(C)C. The molecule has 0 amide bonds. The second kappa shape index (κ2) is 16.1. The topological polar surface area (TPSA) is 27.7 Å². The van der Waals surface area contributed by atoms with Gasteiger partial charge in [-0.25, -0.2) is 0 Å². The molecule has 1 aromatic rings. The number of fused-ring (bicyclic) bond motifs is 1. The third-order valence-electron chi connectivity index (χ3n) is 14.5. The Morgan fingerprint density at radius 3 is 2.11 bits per heavy atom. The smallest absolute Gasteiger partial charge is 0.192 e. The molecule has 3 saturated carbocycles. The van der Waals surface area contributed by atoms with Crippen molar-refractivity contribution in [3.8, 4) is 0 Å². The van der Waals surface area contributed by atoms with Gasteiger partial charge in [-0.15, -0.1) is 0 Å². The minimum atomic E-state index is -1.99. The Bertz CT molecular complexity index is 1500. The third-order valence-corrected chi connectivity index (χ3v) is 24.7. The number of aryl methyl sites for hydroxylation is 1. The molecule has 0 radical (unpaired) electrons. The first-order valence-corrected chi connectivity index (χ1v) is 30.5. The highest BCUT2D eigenvalue weighted by Gasteiger charge is 2.51. The van der Waals surface area contributed by atoms with Crippen molar-refractivity contribution in [2.75, 3.05) is 0 Å². The van der Waals surface area contributed by atoms with Gasteiger partial charge in [0.2, 0.25) is 0 Å². The monoisotopic (exact) mass is 779 g/mol. The molecule has 0 N–H and O–H groups in total. The van der Waals surface area contributed by atoms with Crippen molar-refractivity contribution in [3.63, 3.8) is 0 Å². The van der Waals surface area contributed by atoms with Crippen molar-refractivity contribution in [2.45, 2.75) is 201 Å². The Hall–Kier alpha value is -1.03. The Kier molecular flexibility index (Phi) is 13.6. The van der Waals surface area contributed by atoms with Gasteiger partial charge in [-0.3, -0.25) is 0 Å². The highest BCUT2D eigenvalue weighted by atomic mass is 28.4. The van der Waals surface area contributed by atoms with Gasteiger partial charge in [-0.2, -0.15) is 0 Å². The summed E-state index contributed by atoms with van der Waals surface area (Å²) in [5.41, 5.74) is 7.12. The van der Waals surface area contributed by atoms with E-state index in [-0.39, 0.29) is 27.9 Å². The van der Waals surface area contributed by atoms with Crippen molar-refractivity contribution in [3.05, 3.63) is 70.8 Å². The summed E-state index contributed by atoms with van der Waals surface area (Å²) in [6.07, 6.45) is 16.0. The van der Waals surface area contributed by atoms with Crippen molar-refractivity contribution in [1.29, 1.82) is 0 Å². The van der Waals surface area contributed by atoms with Crippen molar-refractivity contribution < 1.29 is 13.3 Å². The Morgan fingerprint density at radius 1 is 0.887 bits per heavy atom. The lowest BCUT2D eigenvalue weighted by molar-refractivity contribution is 0.0940. The molecule has 0 heterocycles. The normalized spacial score (nSPS) is 28.8. The van der Waals surface area contributed by atoms with Crippen LogP contribution in [-0.4, -0.2) is 37.2 Å². The predicted molar refractivity (Wildman–Crippen MR) is 238 cm³/mol. The molecule has 6 atom stereocenters. The molecule has 6 heteroatoms. The summed E-state index contributed by atoms with van der Waals surface area (Å²) in [4.78, 5) is 0. The first-order chi connectivity index (χ1) is 24.1. The van der Waals surface area contributed by atoms with Crippen LogP contribution in [0.2, 0.25) is 55.9 Å². The van der Waals surface area contributed by atoms with E-state index in [1.807, 2.05) is 0 Å². The highest BCUT2D eigenvalue weighted by molar-refractivity contribution is 6.74. The molecule has 0 aliphatic heterocycles. The fourth-order valence-corrected chi connectivity index (χ4v) is 13.8. The fourth-order valence-electron chi connectivity index (χ4n) is 9.50. The number of rotatable bonds is 12. The van der Waals surface area contributed by atoms with Crippen LogP contribution in [0, 0.1) is 23.2 Å². The minimum Gasteiger partial charge on any atom is -0.413 e. The van der Waals surface area contributed by atoms with Crippen LogP contribution in [0.1, 0.15) is 132 Å². The first-order valence-electron chi connectivity index (χ1n) is 21.3. The zero-order valence-electron chi connectivity index (χ0n) is 37.6. The molecule has 4 rings (SSSR count). The van der Waals surface area contributed by atoms with Gasteiger partial charge in [0, 0.05) is 6.42 Å². The maximum Gasteiger partial charge on any atom is 0.192 e. The molecule has 0 saturated heterocycles. The molecule has 0 spiro atoms. The standard InChI is InChI=1S/C47H82O3Si3/c1-34(24-25-36-21-19-23-39(31-36)46(9,10)50-51(12,13)14)41-28-29-42-37(22-20-30-47(41,42)11)26-27-38-32-40(48-52(15,16)44(3,4)5)33-43(35(38)2)49-53(17,18)45(6,7)8/h19,21,23,26-27,31,34,40-43H,2,20,22,24-25,28-30,32-33H2,1,3-18H3/b37-26+,38-27-/t34-,40+,41+,42-,43-,47+/m0/s1. The van der Waals surface area contributed by atoms with Crippen LogP contribution in [0.25, 0.3) is 0 Å². The summed E-state index contributed by atoms with van der Waals surface area (Å²) >= 11 is 0. The zero-order chi connectivity index (χ0) is 40.0. The summed E-state index contributed by atoms with van der Waals surface area (Å²) in [5, 5.41) is 0.327. The summed E-state index contributed by atoms with van der Waals surface area (Å²) < 4.78 is 20.9. The second-order valence-electron chi connectivity index (χ2n) is 22.3. The molecule has 1 aromatic carbocycles. The van der Waals surface area contributed by atoms with Crippen LogP contribution in [0.15, 0.2) is 59.7 Å². The molecule has 0 bridgehead atoms. The van der Waals surface area contributed by atoms with Gasteiger partial charge in [0.25, 0.3) is 0 Å². The average Bonchev–Trinajstić information content (AvgIpc) is 3.36. The molecule has 0 unspecified atom stereocenters. The molecule has 0 aromatic heterocycles. The molecule has 3 nitrogen and oxygen atoms in total. The summed E-state index contributed by atoms with van der Waals surface area (Å²) in [5.74, 6) is 2.16. The molecule has 3 aliphatic rings. The van der Waals surface area contributed by atoms with Gasteiger partial charge in [0.05, 0.1) is 17.8 Å². The van der Waals surface area contributed by atoms with E-state index in [1.165, 1.54) is 60.8 Å². The lowest BCUT2D eigenvalue weighted by atomic mass is 9.60. The first kappa shape index (κ1) is 44.7. The maximum absolute atomic E-state index is 7.14. The molecule has 3 aliphatic carbocycles. The second-order valence-corrected chi connectivity index (χ2v) is 36.2. The number of hydrogen-bond donors (Lipinski definition) is 0. The summed E-state index contributed by atoms with van der Waals surface area (Å²) in [6.45, 7) is 44.9. The third kappa shape index (κ3) is 10.7. The van der Waals surface area contributed by atoms with E-state index in [9.17, 15) is 0 Å². The van der Waals surface area contributed by atoms with Crippen molar-refractivity contribution >= 4 is 25.0 Å². The Labute approximate surface area is 331 Å². The lowest BCUT2D eigenvalue weighted by Crippen LogP contribution is -2.49. The predicted octanol–water partition coefficient (Wildman–Crippen LogP) is 14.5. The highest BCUT2D eigenvalue weighted by Crippen LogP contribution is 2.60. The number of hydrogen-bond acceptors (Lipinski definition) is 3. The van der Waals surface area contributed by atoms with Crippen LogP contribution in [0.3, 0.4) is 0 Å². The van der Waals surface area contributed by atoms with Gasteiger partial charge in [-0.05, 0) is 167 Å². The molecular formula is C47H82O3Si3. The molecule has 53 heavy (non-hydrogen) atoms. The molecule has 3 fully saturated rings. The number of allylic oxidation sites excluding steroid dienone is 3. The van der Waals surface area contributed by atoms with E-state index >= 15 is 0 Å². The van der Waals surface area contributed by atoms with Gasteiger partial charge >= 0.3 is 0 Å². The zero-order valence-corrected chi connectivity index (χ0v) is 40.6. The van der Waals surface area contributed by atoms with E-state index in [4.69, 9.17) is 19.9 Å². The minimum absolute atomic E-state index is 0.0250.